The second kappa shape index (κ2) is 6.81. The molecule has 7 nitrogen and oxygen atoms in total. The number of nitrogens with one attached hydrogen (secondary N) is 2. The zero-order chi connectivity index (χ0) is 18.0. The summed E-state index contributed by atoms with van der Waals surface area (Å²) in [5.41, 5.74) is 2.44. The van der Waals surface area contributed by atoms with E-state index in [1.165, 1.54) is 24.7 Å². The van der Waals surface area contributed by atoms with Gasteiger partial charge in [0.25, 0.3) is 5.69 Å². The van der Waals surface area contributed by atoms with E-state index in [4.69, 9.17) is 0 Å². The van der Waals surface area contributed by atoms with Crippen LogP contribution in [-0.4, -0.2) is 20.4 Å². The number of fused-ring (bicyclic) bond motifs is 1. The Morgan fingerprint density at radius 1 is 1.20 bits per heavy atom. The number of sulfonamides is 1. The summed E-state index contributed by atoms with van der Waals surface area (Å²) >= 11 is 0. The van der Waals surface area contributed by atoms with Crippen LogP contribution in [0.3, 0.4) is 0 Å². The van der Waals surface area contributed by atoms with Gasteiger partial charge in [0.1, 0.15) is 5.69 Å². The van der Waals surface area contributed by atoms with Crippen LogP contribution < -0.4 is 10.0 Å². The van der Waals surface area contributed by atoms with Crippen molar-refractivity contribution in [3.05, 3.63) is 63.7 Å². The molecule has 1 unspecified atom stereocenters. The first-order valence-electron chi connectivity index (χ1n) is 7.98. The van der Waals surface area contributed by atoms with Crippen molar-refractivity contribution in [1.82, 2.24) is 4.72 Å². The Morgan fingerprint density at radius 3 is 2.68 bits per heavy atom. The number of aryl methyl sites for hydroxylation is 1. The van der Waals surface area contributed by atoms with Crippen LogP contribution in [0.25, 0.3) is 0 Å². The molecule has 0 saturated heterocycles. The van der Waals surface area contributed by atoms with Crippen LogP contribution in [0, 0.1) is 10.1 Å². The zero-order valence-corrected chi connectivity index (χ0v) is 14.5. The molecular weight excluding hydrogens is 342 g/mol. The maximum atomic E-state index is 11.9. The number of rotatable bonds is 5. The highest BCUT2D eigenvalue weighted by Gasteiger charge is 2.25. The molecule has 25 heavy (non-hydrogen) atoms. The lowest BCUT2D eigenvalue weighted by molar-refractivity contribution is -0.384. The van der Waals surface area contributed by atoms with E-state index in [1.54, 1.807) is 0 Å². The largest absolute Gasteiger partial charge is 0.373 e. The number of nitro groups is 1. The Labute approximate surface area is 146 Å². The van der Waals surface area contributed by atoms with Gasteiger partial charge in [-0.3, -0.25) is 10.1 Å². The molecular formula is C17H19N3O4S. The molecule has 2 N–H and O–H groups in total. The third kappa shape index (κ3) is 3.49. The maximum Gasteiger partial charge on any atom is 0.293 e. The molecule has 8 heteroatoms. The minimum Gasteiger partial charge on any atom is -0.373 e. The van der Waals surface area contributed by atoms with E-state index >= 15 is 0 Å². The maximum absolute atomic E-state index is 11.9. The molecule has 1 aliphatic rings. The van der Waals surface area contributed by atoms with E-state index in [9.17, 15) is 18.5 Å². The van der Waals surface area contributed by atoms with E-state index < -0.39 is 14.9 Å². The third-order valence-corrected chi connectivity index (χ3v) is 5.86. The lowest BCUT2D eigenvalue weighted by Gasteiger charge is -2.27. The van der Waals surface area contributed by atoms with Crippen LogP contribution in [-0.2, 0) is 16.4 Å². The number of hydrogen-bond acceptors (Lipinski definition) is 5. The fourth-order valence-electron chi connectivity index (χ4n) is 3.16. The average Bonchev–Trinajstić information content (AvgIpc) is 2.62. The van der Waals surface area contributed by atoms with Crippen molar-refractivity contribution in [2.24, 2.45) is 0 Å². The summed E-state index contributed by atoms with van der Waals surface area (Å²) in [7, 11) is -2.46. The molecule has 132 valence electrons. The lowest BCUT2D eigenvalue weighted by atomic mass is 9.87. The molecule has 2 aromatic rings. The summed E-state index contributed by atoms with van der Waals surface area (Å²) in [6.45, 7) is 0. The monoisotopic (exact) mass is 361 g/mol. The van der Waals surface area contributed by atoms with Crippen LogP contribution in [0.1, 0.15) is 30.0 Å². The van der Waals surface area contributed by atoms with Gasteiger partial charge in [-0.15, -0.1) is 0 Å². The van der Waals surface area contributed by atoms with Crippen molar-refractivity contribution in [1.29, 1.82) is 0 Å². The Morgan fingerprint density at radius 2 is 1.96 bits per heavy atom. The summed E-state index contributed by atoms with van der Waals surface area (Å²) < 4.78 is 25.9. The Bertz CT molecular complexity index is 912. The summed E-state index contributed by atoms with van der Waals surface area (Å²) in [5, 5.41) is 14.7. The first-order valence-corrected chi connectivity index (χ1v) is 9.47. The number of hydrogen-bond donors (Lipinski definition) is 2. The predicted octanol–water partition coefficient (Wildman–Crippen LogP) is 2.99. The summed E-state index contributed by atoms with van der Waals surface area (Å²) in [5.74, 6) is 0. The molecule has 0 spiro atoms. The van der Waals surface area contributed by atoms with Crippen molar-refractivity contribution in [3.63, 3.8) is 0 Å². The molecule has 0 bridgehead atoms. The molecule has 0 heterocycles. The molecule has 0 saturated carbocycles. The van der Waals surface area contributed by atoms with Gasteiger partial charge in [-0.25, -0.2) is 13.1 Å². The second-order valence-corrected chi connectivity index (χ2v) is 7.82. The van der Waals surface area contributed by atoms with Gasteiger partial charge in [0.05, 0.1) is 15.9 Å². The fraction of sp³-hybridized carbons (Fsp3) is 0.294. The fourth-order valence-corrected chi connectivity index (χ4v) is 3.91. The van der Waals surface area contributed by atoms with E-state index in [0.29, 0.717) is 5.69 Å². The standard InChI is InChI=1S/C17H19N3O4S/c1-18-25(23,24)13-9-10-16(17(11-13)20(21)22)19-15-8-4-6-12-5-2-3-7-14(12)15/h2-3,5,7,9-11,15,18-19H,4,6,8H2,1H3. The highest BCUT2D eigenvalue weighted by atomic mass is 32.2. The lowest BCUT2D eigenvalue weighted by Crippen LogP contribution is -2.20. The molecule has 0 radical (unpaired) electrons. The first kappa shape index (κ1) is 17.4. The van der Waals surface area contributed by atoms with Crippen LogP contribution in [0.4, 0.5) is 11.4 Å². The van der Waals surface area contributed by atoms with Gasteiger partial charge in [0.15, 0.2) is 0 Å². The van der Waals surface area contributed by atoms with E-state index in [2.05, 4.69) is 16.1 Å². The van der Waals surface area contributed by atoms with Crippen molar-refractivity contribution in [3.8, 4) is 0 Å². The van der Waals surface area contributed by atoms with E-state index in [0.717, 1.165) is 30.9 Å². The van der Waals surface area contributed by atoms with Crippen LogP contribution in [0.2, 0.25) is 0 Å². The van der Waals surface area contributed by atoms with Crippen LogP contribution in [0.15, 0.2) is 47.4 Å². The second-order valence-electron chi connectivity index (χ2n) is 5.93. The molecule has 3 rings (SSSR count). The SMILES string of the molecule is CNS(=O)(=O)c1ccc(NC2CCCc3ccccc32)c([N+](=O)[O-])c1. The predicted molar refractivity (Wildman–Crippen MR) is 95.1 cm³/mol. The van der Waals surface area contributed by atoms with Crippen molar-refractivity contribution < 1.29 is 13.3 Å². The Kier molecular flexibility index (Phi) is 4.73. The topological polar surface area (TPSA) is 101 Å². The molecule has 0 amide bonds. The molecule has 1 atom stereocenters. The van der Waals surface area contributed by atoms with Gasteiger partial charge in [-0.05, 0) is 49.6 Å². The minimum absolute atomic E-state index is 0.0320. The molecule has 1 aliphatic carbocycles. The number of nitrogens with zero attached hydrogens (tertiary/aromatic N) is 1. The minimum atomic E-state index is -3.73. The van der Waals surface area contributed by atoms with Crippen molar-refractivity contribution in [2.75, 3.05) is 12.4 Å². The normalized spacial score (nSPS) is 16.9. The van der Waals surface area contributed by atoms with Gasteiger partial charge in [-0.1, -0.05) is 24.3 Å². The van der Waals surface area contributed by atoms with Gasteiger partial charge >= 0.3 is 0 Å². The van der Waals surface area contributed by atoms with Gasteiger partial charge in [0.2, 0.25) is 10.0 Å². The Balaban J connectivity index is 1.97. The van der Waals surface area contributed by atoms with Gasteiger partial charge in [-0.2, -0.15) is 0 Å². The molecule has 0 fully saturated rings. The Hall–Kier alpha value is -2.45. The summed E-state index contributed by atoms with van der Waals surface area (Å²) in [6, 6.07) is 11.9. The molecule has 0 aromatic heterocycles. The molecule has 2 aromatic carbocycles. The highest BCUT2D eigenvalue weighted by molar-refractivity contribution is 7.89. The highest BCUT2D eigenvalue weighted by Crippen LogP contribution is 2.36. The van der Waals surface area contributed by atoms with Crippen LogP contribution in [0.5, 0.6) is 0 Å². The van der Waals surface area contributed by atoms with E-state index in [-0.39, 0.29) is 16.6 Å². The zero-order valence-electron chi connectivity index (χ0n) is 13.7. The average molecular weight is 361 g/mol. The van der Waals surface area contributed by atoms with Crippen molar-refractivity contribution in [2.45, 2.75) is 30.2 Å². The summed E-state index contributed by atoms with van der Waals surface area (Å²) in [4.78, 5) is 10.7. The van der Waals surface area contributed by atoms with Crippen molar-refractivity contribution >= 4 is 21.4 Å². The smallest absolute Gasteiger partial charge is 0.293 e. The quantitative estimate of drug-likeness (QED) is 0.630. The number of benzene rings is 2. The summed E-state index contributed by atoms with van der Waals surface area (Å²) in [6.07, 6.45) is 2.86. The number of nitro benzene ring substituents is 1. The first-order chi connectivity index (χ1) is 11.9. The molecule has 0 aliphatic heterocycles. The van der Waals surface area contributed by atoms with Gasteiger partial charge in [0, 0.05) is 6.07 Å². The number of anilines is 1. The van der Waals surface area contributed by atoms with E-state index in [1.807, 2.05) is 18.2 Å². The van der Waals surface area contributed by atoms with Gasteiger partial charge < -0.3 is 5.32 Å². The third-order valence-electron chi connectivity index (χ3n) is 4.44. The van der Waals surface area contributed by atoms with Crippen LogP contribution >= 0.6 is 0 Å².